The van der Waals surface area contributed by atoms with E-state index in [2.05, 4.69) is 20.2 Å². The van der Waals surface area contributed by atoms with Crippen molar-refractivity contribution in [1.82, 2.24) is 20.2 Å². The van der Waals surface area contributed by atoms with Gasteiger partial charge in [-0.25, -0.2) is 14.2 Å². The SMILES string of the molecule is Oc1cccc(N2CCN(CC(O)CN3NC(c4ccc(C(F)(F)F)c(SCCN5CCC(F)(F)C5)c4)C4CN=CC=C43)CC2)c1. The molecule has 2 aromatic rings. The van der Waals surface area contributed by atoms with E-state index >= 15 is 0 Å². The number of β-amino-alcohol motifs (C(OH)–C–C–N with tert-alkyl or cyclic N) is 1. The number of aromatic hydroxyl groups is 1. The molecule has 3 saturated heterocycles. The largest absolute Gasteiger partial charge is 0.508 e. The summed E-state index contributed by atoms with van der Waals surface area (Å²) in [7, 11) is 0. The number of piperazine rings is 1. The Hall–Kier alpha value is -2.91. The Morgan fingerprint density at radius 2 is 1.83 bits per heavy atom. The third kappa shape index (κ3) is 7.79. The molecule has 0 amide bonds. The van der Waals surface area contributed by atoms with Crippen LogP contribution in [0, 0.1) is 5.92 Å². The number of dihydropyridines is 1. The number of hydrogen-bond acceptors (Lipinski definition) is 9. The van der Waals surface area contributed by atoms with Crippen molar-refractivity contribution in [3.05, 3.63) is 65.4 Å². The molecule has 6 rings (SSSR count). The Morgan fingerprint density at radius 3 is 2.54 bits per heavy atom. The number of aliphatic hydroxyl groups excluding tert-OH is 1. The number of alkyl halides is 5. The number of nitrogens with zero attached hydrogens (tertiary/aromatic N) is 5. The molecule has 3 atom stereocenters. The van der Waals surface area contributed by atoms with E-state index in [0.717, 1.165) is 55.4 Å². The molecule has 3 unspecified atom stereocenters. The van der Waals surface area contributed by atoms with Crippen LogP contribution < -0.4 is 10.3 Å². The van der Waals surface area contributed by atoms with Gasteiger partial charge in [-0.1, -0.05) is 12.1 Å². The molecule has 3 fully saturated rings. The fraction of sp³-hybridized carbons (Fsp3) is 0.531. The van der Waals surface area contributed by atoms with Crippen molar-refractivity contribution in [2.75, 3.05) is 76.1 Å². The van der Waals surface area contributed by atoms with Gasteiger partial charge < -0.3 is 20.1 Å². The number of rotatable bonds is 10. The molecule has 14 heteroatoms. The minimum absolute atomic E-state index is 0.0749. The number of allylic oxidation sites excluding steroid dienone is 1. The van der Waals surface area contributed by atoms with E-state index in [1.807, 2.05) is 23.2 Å². The van der Waals surface area contributed by atoms with Crippen molar-refractivity contribution in [1.29, 1.82) is 0 Å². The summed E-state index contributed by atoms with van der Waals surface area (Å²) in [5.74, 6) is -2.37. The van der Waals surface area contributed by atoms with Crippen molar-refractivity contribution in [3.63, 3.8) is 0 Å². The molecule has 2 aromatic carbocycles. The van der Waals surface area contributed by atoms with Gasteiger partial charge in [0.25, 0.3) is 5.92 Å². The summed E-state index contributed by atoms with van der Waals surface area (Å²) >= 11 is 1.04. The van der Waals surface area contributed by atoms with Crippen molar-refractivity contribution in [2.24, 2.45) is 10.9 Å². The Morgan fingerprint density at radius 1 is 1.02 bits per heavy atom. The molecule has 0 aromatic heterocycles. The summed E-state index contributed by atoms with van der Waals surface area (Å²) in [6, 6.07) is 11.0. The van der Waals surface area contributed by atoms with Gasteiger partial charge in [0.05, 0.1) is 30.8 Å². The quantitative estimate of drug-likeness (QED) is 0.254. The van der Waals surface area contributed by atoms with Gasteiger partial charge in [-0.2, -0.15) is 13.2 Å². The average molecular weight is 667 g/mol. The number of anilines is 1. The van der Waals surface area contributed by atoms with E-state index in [1.165, 1.54) is 6.07 Å². The highest BCUT2D eigenvalue weighted by Crippen LogP contribution is 2.42. The van der Waals surface area contributed by atoms with Crippen molar-refractivity contribution in [3.8, 4) is 5.75 Å². The van der Waals surface area contributed by atoms with E-state index in [0.29, 0.717) is 25.2 Å². The second-order valence-electron chi connectivity index (χ2n) is 12.4. The number of thioether (sulfide) groups is 1. The first kappa shape index (κ1) is 33.0. The molecule has 0 saturated carbocycles. The van der Waals surface area contributed by atoms with Gasteiger partial charge >= 0.3 is 6.18 Å². The van der Waals surface area contributed by atoms with Gasteiger partial charge in [-0.15, -0.1) is 11.8 Å². The number of phenolic OH excluding ortho intramolecular Hbond substituents is 1. The Labute approximate surface area is 269 Å². The number of phenols is 1. The number of hydrogen-bond donors (Lipinski definition) is 3. The summed E-state index contributed by atoms with van der Waals surface area (Å²) in [5.41, 5.74) is 5.27. The van der Waals surface area contributed by atoms with E-state index in [1.54, 1.807) is 29.3 Å². The van der Waals surface area contributed by atoms with Crippen LogP contribution in [0.3, 0.4) is 0 Å². The smallest absolute Gasteiger partial charge is 0.417 e. The highest BCUT2D eigenvalue weighted by Gasteiger charge is 2.41. The summed E-state index contributed by atoms with van der Waals surface area (Å²) < 4.78 is 69.1. The van der Waals surface area contributed by atoms with Crippen LogP contribution in [0.4, 0.5) is 27.6 Å². The van der Waals surface area contributed by atoms with Crippen LogP contribution in [0.1, 0.15) is 23.6 Å². The molecular formula is C32H39F5N6O2S. The summed E-state index contributed by atoms with van der Waals surface area (Å²) in [4.78, 5) is 10.5. The lowest BCUT2D eigenvalue weighted by molar-refractivity contribution is -0.139. The van der Waals surface area contributed by atoms with Crippen LogP contribution in [0.15, 0.2) is 64.1 Å². The van der Waals surface area contributed by atoms with Crippen LogP contribution in [0.2, 0.25) is 0 Å². The fourth-order valence-electron chi connectivity index (χ4n) is 6.70. The average Bonchev–Trinajstić information content (AvgIpc) is 3.56. The number of benzene rings is 2. The van der Waals surface area contributed by atoms with E-state index in [9.17, 15) is 32.2 Å². The lowest BCUT2D eigenvalue weighted by Crippen LogP contribution is -2.50. The number of aliphatic imine (C=N–C) groups is 1. The topological polar surface area (TPSA) is 77.8 Å². The van der Waals surface area contributed by atoms with E-state index < -0.39 is 23.8 Å². The van der Waals surface area contributed by atoms with Crippen LogP contribution in [0.25, 0.3) is 0 Å². The highest BCUT2D eigenvalue weighted by atomic mass is 32.2. The Bertz CT molecular complexity index is 1430. The van der Waals surface area contributed by atoms with E-state index in [4.69, 9.17) is 0 Å². The maximum Gasteiger partial charge on any atom is 0.417 e. The van der Waals surface area contributed by atoms with Crippen molar-refractivity contribution in [2.45, 2.75) is 35.6 Å². The lowest BCUT2D eigenvalue weighted by Gasteiger charge is -2.37. The Kier molecular flexibility index (Phi) is 9.81. The summed E-state index contributed by atoms with van der Waals surface area (Å²) in [6.07, 6.45) is -1.86. The second kappa shape index (κ2) is 13.7. The van der Waals surface area contributed by atoms with E-state index in [-0.39, 0.29) is 54.4 Å². The van der Waals surface area contributed by atoms with Crippen LogP contribution in [-0.2, 0) is 6.18 Å². The highest BCUT2D eigenvalue weighted by molar-refractivity contribution is 7.99. The zero-order valence-electron chi connectivity index (χ0n) is 25.3. The third-order valence-electron chi connectivity index (χ3n) is 9.06. The minimum atomic E-state index is -4.55. The molecule has 0 aliphatic carbocycles. The van der Waals surface area contributed by atoms with Gasteiger partial charge in [0.1, 0.15) is 5.75 Å². The zero-order chi connectivity index (χ0) is 32.5. The first-order valence-electron chi connectivity index (χ1n) is 15.6. The molecule has 3 N–H and O–H groups in total. The monoisotopic (exact) mass is 666 g/mol. The number of fused-ring (bicyclic) bond motifs is 1. The molecular weight excluding hydrogens is 627 g/mol. The van der Waals surface area contributed by atoms with Crippen LogP contribution in [-0.4, -0.2) is 114 Å². The van der Waals surface area contributed by atoms with Crippen molar-refractivity contribution >= 4 is 23.7 Å². The van der Waals surface area contributed by atoms with Crippen molar-refractivity contribution < 1.29 is 32.2 Å². The first-order valence-corrected chi connectivity index (χ1v) is 16.6. The summed E-state index contributed by atoms with van der Waals surface area (Å²) in [5, 5.41) is 22.8. The normalized spacial score (nSPS) is 24.3. The zero-order valence-corrected chi connectivity index (χ0v) is 26.2. The predicted molar refractivity (Wildman–Crippen MR) is 168 cm³/mol. The number of nitrogens with one attached hydrogen (secondary N) is 1. The number of halogens is 5. The molecule has 4 aliphatic heterocycles. The maximum absolute atomic E-state index is 14.0. The second-order valence-corrected chi connectivity index (χ2v) is 13.5. The summed E-state index contributed by atoms with van der Waals surface area (Å²) in [6.45, 7) is 4.42. The molecule has 4 aliphatic rings. The first-order chi connectivity index (χ1) is 21.9. The standard InChI is InChI=1S/C32H39F5N6O2S/c33-31(34)7-9-41(21-31)14-15-46-29-16-22(4-5-27(29)32(35,36)37)30-26-18-38-8-6-28(26)43(39-30)20-25(45)19-40-10-12-42(13-11-40)23-2-1-3-24(44)17-23/h1-6,8,16-17,25-26,30,39,44-45H,7,9-15,18-21H2. The molecule has 4 heterocycles. The van der Waals surface area contributed by atoms with Gasteiger partial charge in [-0.3, -0.25) is 14.8 Å². The number of aliphatic hydroxyl groups is 1. The lowest BCUT2D eigenvalue weighted by atomic mass is 9.91. The molecule has 0 spiro atoms. The molecule has 8 nitrogen and oxygen atoms in total. The maximum atomic E-state index is 14.0. The molecule has 0 radical (unpaired) electrons. The molecule has 46 heavy (non-hydrogen) atoms. The molecule has 250 valence electrons. The Balaban J connectivity index is 1.09. The number of hydrazine groups is 1. The van der Waals surface area contributed by atoms with Gasteiger partial charge in [-0.05, 0) is 35.9 Å². The van der Waals surface area contributed by atoms with Gasteiger partial charge in [0, 0.05) is 99.0 Å². The number of likely N-dealkylation sites (tertiary alicyclic amines) is 1. The van der Waals surface area contributed by atoms with Crippen LogP contribution >= 0.6 is 11.8 Å². The predicted octanol–water partition coefficient (Wildman–Crippen LogP) is 4.47. The van der Waals surface area contributed by atoms with Gasteiger partial charge in [0.15, 0.2) is 0 Å². The minimum Gasteiger partial charge on any atom is -0.508 e. The molecule has 0 bridgehead atoms. The fourth-order valence-corrected chi connectivity index (χ4v) is 7.83. The van der Waals surface area contributed by atoms with Crippen LogP contribution in [0.5, 0.6) is 5.75 Å². The third-order valence-corrected chi connectivity index (χ3v) is 10.1. The van der Waals surface area contributed by atoms with Gasteiger partial charge in [0.2, 0.25) is 0 Å².